The predicted molar refractivity (Wildman–Crippen MR) is 57.7 cm³/mol. The first kappa shape index (κ1) is 13.3. The van der Waals surface area contributed by atoms with Crippen molar-refractivity contribution >= 4 is 0 Å². The number of nitrogens with zero attached hydrogens (tertiary/aromatic N) is 3. The van der Waals surface area contributed by atoms with E-state index in [2.05, 4.69) is 10.1 Å². The molecule has 0 saturated heterocycles. The van der Waals surface area contributed by atoms with Gasteiger partial charge in [-0.25, -0.2) is 4.98 Å². The minimum atomic E-state index is -4.23. The first-order valence-electron chi connectivity index (χ1n) is 5.92. The summed E-state index contributed by atoms with van der Waals surface area (Å²) in [7, 11) is 1.66. The van der Waals surface area contributed by atoms with Gasteiger partial charge in [0.1, 0.15) is 12.2 Å². The molecule has 0 aromatic carbocycles. The van der Waals surface area contributed by atoms with Crippen molar-refractivity contribution in [1.82, 2.24) is 14.8 Å². The van der Waals surface area contributed by atoms with Crippen molar-refractivity contribution in [2.24, 2.45) is 13.0 Å². The number of alkyl halides is 3. The van der Waals surface area contributed by atoms with Crippen LogP contribution < -0.4 is 0 Å². The summed E-state index contributed by atoms with van der Waals surface area (Å²) in [4.78, 5) is 3.95. The number of aliphatic hydroxyl groups is 1. The molecule has 2 rings (SSSR count). The van der Waals surface area contributed by atoms with Gasteiger partial charge in [0.05, 0.1) is 11.5 Å². The number of hydrogen-bond donors (Lipinski definition) is 1. The second kappa shape index (κ2) is 4.53. The topological polar surface area (TPSA) is 50.9 Å². The average molecular weight is 263 g/mol. The van der Waals surface area contributed by atoms with Crippen LogP contribution in [0.4, 0.5) is 13.2 Å². The molecule has 0 radical (unpaired) electrons. The van der Waals surface area contributed by atoms with Crippen LogP contribution in [-0.2, 0) is 13.5 Å². The van der Waals surface area contributed by atoms with Gasteiger partial charge in [-0.05, 0) is 25.7 Å². The van der Waals surface area contributed by atoms with E-state index in [0.717, 1.165) is 0 Å². The van der Waals surface area contributed by atoms with Crippen molar-refractivity contribution in [2.75, 3.05) is 0 Å². The molecule has 0 aliphatic heterocycles. The standard InChI is InChI=1S/C11H16F3N3O/c1-17-9(15-7-16-17)6-10(18)4-2-3-8(5-10)11(12,13)14/h7-8,18H,2-6H2,1H3. The third-order valence-electron chi connectivity index (χ3n) is 3.58. The van der Waals surface area contributed by atoms with Gasteiger partial charge in [-0.2, -0.15) is 18.3 Å². The predicted octanol–water partition coefficient (Wildman–Crippen LogP) is 1.84. The summed E-state index contributed by atoms with van der Waals surface area (Å²) < 4.78 is 39.6. The molecule has 18 heavy (non-hydrogen) atoms. The third kappa shape index (κ3) is 2.82. The van der Waals surface area contributed by atoms with Crippen LogP contribution in [0.15, 0.2) is 6.33 Å². The van der Waals surface area contributed by atoms with E-state index in [4.69, 9.17) is 0 Å². The van der Waals surface area contributed by atoms with Gasteiger partial charge in [-0.1, -0.05) is 0 Å². The molecule has 1 aliphatic rings. The Labute approximate surface area is 103 Å². The van der Waals surface area contributed by atoms with Crippen molar-refractivity contribution in [2.45, 2.75) is 43.9 Å². The number of rotatable bonds is 2. The number of hydrogen-bond acceptors (Lipinski definition) is 3. The van der Waals surface area contributed by atoms with Crippen LogP contribution in [0.1, 0.15) is 31.5 Å². The normalized spacial score (nSPS) is 29.5. The summed E-state index contributed by atoms with van der Waals surface area (Å²) in [5, 5.41) is 14.2. The van der Waals surface area contributed by atoms with E-state index < -0.39 is 17.7 Å². The average Bonchev–Trinajstić information content (AvgIpc) is 2.62. The minimum Gasteiger partial charge on any atom is -0.389 e. The Balaban J connectivity index is 2.09. The molecular formula is C11H16F3N3O. The van der Waals surface area contributed by atoms with Gasteiger partial charge in [0.25, 0.3) is 0 Å². The third-order valence-corrected chi connectivity index (χ3v) is 3.58. The summed E-state index contributed by atoms with van der Waals surface area (Å²) >= 11 is 0. The number of aryl methyl sites for hydroxylation is 1. The second-order valence-electron chi connectivity index (χ2n) is 5.04. The molecule has 7 heteroatoms. The van der Waals surface area contributed by atoms with E-state index in [9.17, 15) is 18.3 Å². The van der Waals surface area contributed by atoms with Crippen LogP contribution >= 0.6 is 0 Å². The van der Waals surface area contributed by atoms with Gasteiger partial charge in [-0.15, -0.1) is 0 Å². The lowest BCUT2D eigenvalue weighted by atomic mass is 9.76. The lowest BCUT2D eigenvalue weighted by molar-refractivity contribution is -0.200. The van der Waals surface area contributed by atoms with Crippen LogP contribution in [0.5, 0.6) is 0 Å². The first-order valence-corrected chi connectivity index (χ1v) is 5.92. The molecule has 1 aromatic rings. The van der Waals surface area contributed by atoms with Crippen LogP contribution in [0, 0.1) is 5.92 Å². The quantitative estimate of drug-likeness (QED) is 0.885. The summed E-state index contributed by atoms with van der Waals surface area (Å²) in [6.45, 7) is 0. The van der Waals surface area contributed by atoms with Gasteiger partial charge in [0.2, 0.25) is 0 Å². The summed E-state index contributed by atoms with van der Waals surface area (Å²) in [6.07, 6.45) is -2.15. The SMILES string of the molecule is Cn1ncnc1CC1(O)CCCC(C(F)(F)F)C1. The fourth-order valence-electron chi connectivity index (χ4n) is 2.55. The van der Waals surface area contributed by atoms with E-state index >= 15 is 0 Å². The fraction of sp³-hybridized carbons (Fsp3) is 0.818. The van der Waals surface area contributed by atoms with Crippen LogP contribution in [-0.4, -0.2) is 31.6 Å². The molecule has 1 saturated carbocycles. The highest BCUT2D eigenvalue weighted by Crippen LogP contribution is 2.42. The molecular weight excluding hydrogens is 247 g/mol. The summed E-state index contributed by atoms with van der Waals surface area (Å²) in [6, 6.07) is 0. The van der Waals surface area contributed by atoms with Gasteiger partial charge in [-0.3, -0.25) is 4.68 Å². The van der Waals surface area contributed by atoms with E-state index in [1.54, 1.807) is 7.05 Å². The molecule has 1 N–H and O–H groups in total. The molecule has 2 atom stereocenters. The molecule has 0 bridgehead atoms. The monoisotopic (exact) mass is 263 g/mol. The van der Waals surface area contributed by atoms with Crippen LogP contribution in [0.3, 0.4) is 0 Å². The van der Waals surface area contributed by atoms with Gasteiger partial charge < -0.3 is 5.11 Å². The van der Waals surface area contributed by atoms with Gasteiger partial charge in [0.15, 0.2) is 0 Å². The molecule has 1 aromatic heterocycles. The first-order chi connectivity index (χ1) is 8.30. The Kier molecular flexibility index (Phi) is 3.35. The van der Waals surface area contributed by atoms with E-state index in [1.807, 2.05) is 0 Å². The highest BCUT2D eigenvalue weighted by atomic mass is 19.4. The second-order valence-corrected chi connectivity index (χ2v) is 5.04. The van der Waals surface area contributed by atoms with Crippen molar-refractivity contribution in [3.05, 3.63) is 12.2 Å². The smallest absolute Gasteiger partial charge is 0.389 e. The minimum absolute atomic E-state index is 0.102. The zero-order chi connectivity index (χ0) is 13.4. The maximum Gasteiger partial charge on any atom is 0.391 e. The Morgan fingerprint density at radius 3 is 2.83 bits per heavy atom. The number of halogens is 3. The van der Waals surface area contributed by atoms with E-state index in [-0.39, 0.29) is 19.3 Å². The molecule has 102 valence electrons. The van der Waals surface area contributed by atoms with E-state index in [1.165, 1.54) is 11.0 Å². The zero-order valence-electron chi connectivity index (χ0n) is 10.1. The van der Waals surface area contributed by atoms with Crippen LogP contribution in [0.2, 0.25) is 0 Å². The molecule has 4 nitrogen and oxygen atoms in total. The summed E-state index contributed by atoms with van der Waals surface area (Å²) in [5.74, 6) is -0.898. The fourth-order valence-corrected chi connectivity index (χ4v) is 2.55. The maximum atomic E-state index is 12.7. The maximum absolute atomic E-state index is 12.7. The molecule has 0 amide bonds. The molecule has 2 unspecified atom stereocenters. The Bertz CT molecular complexity index is 418. The summed E-state index contributed by atoms with van der Waals surface area (Å²) in [5.41, 5.74) is -1.32. The molecule has 1 aliphatic carbocycles. The lowest BCUT2D eigenvalue weighted by Crippen LogP contribution is -2.42. The van der Waals surface area contributed by atoms with Gasteiger partial charge >= 0.3 is 6.18 Å². The van der Waals surface area contributed by atoms with Crippen molar-refractivity contribution < 1.29 is 18.3 Å². The van der Waals surface area contributed by atoms with Crippen LogP contribution in [0.25, 0.3) is 0 Å². The van der Waals surface area contributed by atoms with Crippen molar-refractivity contribution in [1.29, 1.82) is 0 Å². The molecule has 1 heterocycles. The lowest BCUT2D eigenvalue weighted by Gasteiger charge is -2.37. The molecule has 0 spiro atoms. The Hall–Kier alpha value is -1.11. The number of aromatic nitrogens is 3. The Morgan fingerprint density at radius 2 is 2.28 bits per heavy atom. The Morgan fingerprint density at radius 1 is 1.56 bits per heavy atom. The highest BCUT2D eigenvalue weighted by Gasteiger charge is 2.47. The van der Waals surface area contributed by atoms with Crippen molar-refractivity contribution in [3.8, 4) is 0 Å². The largest absolute Gasteiger partial charge is 0.391 e. The van der Waals surface area contributed by atoms with E-state index in [0.29, 0.717) is 18.7 Å². The highest BCUT2D eigenvalue weighted by molar-refractivity contribution is 4.98. The van der Waals surface area contributed by atoms with Crippen molar-refractivity contribution in [3.63, 3.8) is 0 Å². The van der Waals surface area contributed by atoms with Gasteiger partial charge in [0, 0.05) is 13.5 Å². The zero-order valence-corrected chi connectivity index (χ0v) is 10.1. The molecule has 1 fully saturated rings.